The standard InChI is InChI=1S/2C4H4O.CH3NO2/c2*1-2-4-5-3-1;2-1(3)4/h2*1-4H;2H2,(H,3,4). The van der Waals surface area contributed by atoms with Gasteiger partial charge in [-0.2, -0.15) is 0 Å². The molecule has 0 radical (unpaired) electrons. The smallest absolute Gasteiger partial charge is 0.402 e. The summed E-state index contributed by atoms with van der Waals surface area (Å²) < 4.78 is 9.17. The van der Waals surface area contributed by atoms with Gasteiger partial charge < -0.3 is 19.7 Å². The van der Waals surface area contributed by atoms with Crippen LogP contribution in [0.2, 0.25) is 0 Å². The maximum absolute atomic E-state index is 8.78. The molecule has 5 nitrogen and oxygen atoms in total. The molecular formula is C9H11NO4. The zero-order valence-corrected chi connectivity index (χ0v) is 7.37. The zero-order chi connectivity index (χ0) is 10.6. The highest BCUT2D eigenvalue weighted by Crippen LogP contribution is 1.80. The summed E-state index contributed by atoms with van der Waals surface area (Å²) in [5.41, 5.74) is 4.03. The Bertz CT molecular complexity index is 224. The average Bonchev–Trinajstić information content (AvgIpc) is 2.83. The third-order valence-electron chi connectivity index (χ3n) is 0.851. The van der Waals surface area contributed by atoms with Crippen molar-refractivity contribution in [2.75, 3.05) is 0 Å². The Labute approximate surface area is 80.7 Å². The molecule has 3 N–H and O–H groups in total. The molecule has 0 aliphatic rings. The molecule has 14 heavy (non-hydrogen) atoms. The quantitative estimate of drug-likeness (QED) is 0.677. The molecule has 0 aromatic carbocycles. The molecule has 0 aliphatic heterocycles. The minimum atomic E-state index is -1.33. The molecular weight excluding hydrogens is 186 g/mol. The van der Waals surface area contributed by atoms with Gasteiger partial charge in [0.2, 0.25) is 0 Å². The van der Waals surface area contributed by atoms with Gasteiger partial charge in [-0.3, -0.25) is 0 Å². The zero-order valence-electron chi connectivity index (χ0n) is 7.37. The minimum Gasteiger partial charge on any atom is -0.473 e. The highest BCUT2D eigenvalue weighted by atomic mass is 16.4. The van der Waals surface area contributed by atoms with E-state index in [4.69, 9.17) is 9.90 Å². The second kappa shape index (κ2) is 8.92. The Kier molecular flexibility index (Phi) is 7.54. The van der Waals surface area contributed by atoms with Crippen molar-refractivity contribution in [3.8, 4) is 0 Å². The molecule has 2 heterocycles. The van der Waals surface area contributed by atoms with Gasteiger partial charge in [-0.25, -0.2) is 4.79 Å². The predicted molar refractivity (Wildman–Crippen MR) is 49.6 cm³/mol. The molecule has 0 unspecified atom stereocenters. The second-order valence-corrected chi connectivity index (χ2v) is 1.92. The maximum Gasteiger partial charge on any atom is 0.402 e. The average molecular weight is 197 g/mol. The first-order valence-electron chi connectivity index (χ1n) is 3.66. The molecule has 0 saturated heterocycles. The number of primary amides is 1. The number of carboxylic acid groups (broad SMARTS) is 1. The number of amides is 1. The third kappa shape index (κ3) is 12.5. The van der Waals surface area contributed by atoms with E-state index in [-0.39, 0.29) is 0 Å². The van der Waals surface area contributed by atoms with Crippen LogP contribution in [0.15, 0.2) is 58.2 Å². The predicted octanol–water partition coefficient (Wildman–Crippen LogP) is 2.18. The molecule has 0 atom stereocenters. The van der Waals surface area contributed by atoms with Crippen molar-refractivity contribution in [3.63, 3.8) is 0 Å². The molecule has 1 amide bonds. The normalized spacial score (nSPS) is 7.43. The monoisotopic (exact) mass is 197 g/mol. The highest BCUT2D eigenvalue weighted by molar-refractivity contribution is 5.61. The number of furan rings is 2. The van der Waals surface area contributed by atoms with Crippen LogP contribution in [0.1, 0.15) is 0 Å². The summed E-state index contributed by atoms with van der Waals surface area (Å²) in [5, 5.41) is 7.19. The first kappa shape index (κ1) is 11.8. The molecule has 76 valence electrons. The van der Waals surface area contributed by atoms with Gasteiger partial charge in [0.25, 0.3) is 0 Å². The summed E-state index contributed by atoms with van der Waals surface area (Å²) in [6.07, 6.45) is 5.17. The van der Waals surface area contributed by atoms with Gasteiger partial charge in [-0.1, -0.05) is 0 Å². The Hall–Kier alpha value is -2.17. The van der Waals surface area contributed by atoms with Crippen LogP contribution in [-0.2, 0) is 0 Å². The van der Waals surface area contributed by atoms with Crippen molar-refractivity contribution >= 4 is 6.09 Å². The van der Waals surface area contributed by atoms with Crippen molar-refractivity contribution in [1.82, 2.24) is 0 Å². The Balaban J connectivity index is 0.000000183. The Morgan fingerprint density at radius 1 is 0.929 bits per heavy atom. The maximum atomic E-state index is 8.78. The largest absolute Gasteiger partial charge is 0.473 e. The number of carbonyl (C=O) groups is 1. The van der Waals surface area contributed by atoms with E-state index in [1.54, 1.807) is 25.1 Å². The summed E-state index contributed by atoms with van der Waals surface area (Å²) in [4.78, 5) is 8.78. The van der Waals surface area contributed by atoms with Crippen LogP contribution in [-0.4, -0.2) is 11.2 Å². The molecule has 0 spiro atoms. The molecule has 2 rings (SSSR count). The first-order chi connectivity index (χ1) is 6.73. The summed E-state index contributed by atoms with van der Waals surface area (Å²) in [6, 6.07) is 7.33. The molecule has 0 fully saturated rings. The van der Waals surface area contributed by atoms with Crippen LogP contribution < -0.4 is 5.73 Å². The van der Waals surface area contributed by atoms with E-state index in [0.717, 1.165) is 0 Å². The first-order valence-corrected chi connectivity index (χ1v) is 3.66. The van der Waals surface area contributed by atoms with E-state index in [9.17, 15) is 0 Å². The van der Waals surface area contributed by atoms with E-state index in [0.29, 0.717) is 0 Å². The van der Waals surface area contributed by atoms with E-state index in [1.165, 1.54) is 0 Å². The van der Waals surface area contributed by atoms with Crippen LogP contribution in [0.4, 0.5) is 4.79 Å². The van der Waals surface area contributed by atoms with Crippen molar-refractivity contribution < 1.29 is 18.7 Å². The number of hydrogen-bond acceptors (Lipinski definition) is 3. The summed E-state index contributed by atoms with van der Waals surface area (Å²) in [7, 11) is 0. The molecule has 2 aromatic heterocycles. The minimum absolute atomic E-state index is 1.33. The number of nitrogens with two attached hydrogens (primary N) is 1. The Morgan fingerprint density at radius 2 is 1.14 bits per heavy atom. The third-order valence-corrected chi connectivity index (χ3v) is 0.851. The van der Waals surface area contributed by atoms with Gasteiger partial charge in [0.05, 0.1) is 25.1 Å². The summed E-state index contributed by atoms with van der Waals surface area (Å²) in [6.45, 7) is 0. The summed E-state index contributed by atoms with van der Waals surface area (Å²) >= 11 is 0. The van der Waals surface area contributed by atoms with E-state index >= 15 is 0 Å². The lowest BCUT2D eigenvalue weighted by atomic mass is 10.7. The van der Waals surface area contributed by atoms with Gasteiger partial charge in [-0.15, -0.1) is 0 Å². The van der Waals surface area contributed by atoms with Crippen molar-refractivity contribution in [2.24, 2.45) is 5.73 Å². The van der Waals surface area contributed by atoms with Crippen LogP contribution >= 0.6 is 0 Å². The lowest BCUT2D eigenvalue weighted by Crippen LogP contribution is -2.03. The van der Waals surface area contributed by atoms with Crippen LogP contribution in [0.25, 0.3) is 0 Å². The van der Waals surface area contributed by atoms with E-state index in [2.05, 4.69) is 14.6 Å². The number of hydrogen-bond donors (Lipinski definition) is 2. The van der Waals surface area contributed by atoms with Crippen molar-refractivity contribution in [2.45, 2.75) is 0 Å². The lowest BCUT2D eigenvalue weighted by molar-refractivity contribution is 0.205. The van der Waals surface area contributed by atoms with Gasteiger partial charge in [0.15, 0.2) is 0 Å². The van der Waals surface area contributed by atoms with Crippen molar-refractivity contribution in [1.29, 1.82) is 0 Å². The van der Waals surface area contributed by atoms with E-state index < -0.39 is 6.09 Å². The van der Waals surface area contributed by atoms with Crippen LogP contribution in [0.3, 0.4) is 0 Å². The number of rotatable bonds is 0. The molecule has 0 bridgehead atoms. The Morgan fingerprint density at radius 3 is 1.21 bits per heavy atom. The van der Waals surface area contributed by atoms with Crippen LogP contribution in [0.5, 0.6) is 0 Å². The topological polar surface area (TPSA) is 89.6 Å². The van der Waals surface area contributed by atoms with Crippen LogP contribution in [0, 0.1) is 0 Å². The van der Waals surface area contributed by atoms with E-state index in [1.807, 2.05) is 24.3 Å². The van der Waals surface area contributed by atoms with Crippen molar-refractivity contribution in [3.05, 3.63) is 49.3 Å². The fourth-order valence-electron chi connectivity index (χ4n) is 0.454. The fourth-order valence-corrected chi connectivity index (χ4v) is 0.454. The fraction of sp³-hybridized carbons (Fsp3) is 0. The van der Waals surface area contributed by atoms with Gasteiger partial charge in [0.1, 0.15) is 0 Å². The SMILES string of the molecule is NC(=O)O.c1ccoc1.c1ccoc1. The summed E-state index contributed by atoms with van der Waals surface area (Å²) in [5.74, 6) is 0. The molecule has 0 saturated carbocycles. The van der Waals surface area contributed by atoms with Gasteiger partial charge in [0, 0.05) is 0 Å². The van der Waals surface area contributed by atoms with Gasteiger partial charge >= 0.3 is 6.09 Å². The molecule has 5 heteroatoms. The molecule has 0 aliphatic carbocycles. The lowest BCUT2D eigenvalue weighted by Gasteiger charge is -1.61. The second-order valence-electron chi connectivity index (χ2n) is 1.92. The molecule has 2 aromatic rings. The van der Waals surface area contributed by atoms with Gasteiger partial charge in [-0.05, 0) is 24.3 Å². The highest BCUT2D eigenvalue weighted by Gasteiger charge is 1.65.